The Morgan fingerprint density at radius 2 is 1.45 bits per heavy atom. The molecule has 0 saturated heterocycles. The predicted octanol–water partition coefficient (Wildman–Crippen LogP) is 3.16. The maximum atomic E-state index is 5.83. The number of ether oxygens (including phenoxy) is 4. The van der Waals surface area contributed by atoms with Crippen LogP contribution < -0.4 is 0 Å². The second-order valence-corrected chi connectivity index (χ2v) is 7.07. The van der Waals surface area contributed by atoms with Gasteiger partial charge >= 0.3 is 0 Å². The Hall–Kier alpha value is -2.78. The molecule has 4 aromatic rings. The van der Waals surface area contributed by atoms with Gasteiger partial charge in [-0.2, -0.15) is 0 Å². The summed E-state index contributed by atoms with van der Waals surface area (Å²) < 4.78 is 23.8. The molecule has 0 unspecified atom stereocenters. The molecule has 2 aromatic carbocycles. The van der Waals surface area contributed by atoms with E-state index in [4.69, 9.17) is 28.9 Å². The van der Waals surface area contributed by atoms with Gasteiger partial charge in [-0.05, 0) is 24.3 Å². The molecule has 0 saturated carbocycles. The summed E-state index contributed by atoms with van der Waals surface area (Å²) in [4.78, 5) is 12.9. The van der Waals surface area contributed by atoms with Crippen LogP contribution in [-0.4, -0.2) is 66.3 Å². The van der Waals surface area contributed by atoms with Gasteiger partial charge in [0.05, 0.1) is 68.3 Å². The standard InChI is InChI=1S/C23H28N4O4/c1-28-10-11-29-12-13-30-14-15-31-17-23-26-20-8-4-5-9-21(20)27(23)16-22-24-18-6-2-3-7-19(18)25-22/h2-9H,10-17H2,1H3,(H,24,25). The van der Waals surface area contributed by atoms with Crippen LogP contribution in [0.15, 0.2) is 48.5 Å². The number of aromatic amines is 1. The number of nitrogens with one attached hydrogen (secondary N) is 1. The molecule has 0 aliphatic carbocycles. The Labute approximate surface area is 181 Å². The van der Waals surface area contributed by atoms with Gasteiger partial charge in [0.25, 0.3) is 0 Å². The molecular formula is C23H28N4O4. The van der Waals surface area contributed by atoms with E-state index in [1.165, 1.54) is 0 Å². The summed E-state index contributed by atoms with van der Waals surface area (Å²) in [5.41, 5.74) is 4.00. The van der Waals surface area contributed by atoms with Crippen LogP contribution in [0.5, 0.6) is 0 Å². The zero-order chi connectivity index (χ0) is 21.3. The van der Waals surface area contributed by atoms with Crippen molar-refractivity contribution in [3.8, 4) is 0 Å². The number of imidazole rings is 2. The smallest absolute Gasteiger partial charge is 0.136 e. The van der Waals surface area contributed by atoms with Crippen molar-refractivity contribution >= 4 is 22.1 Å². The van der Waals surface area contributed by atoms with E-state index in [1.807, 2.05) is 42.5 Å². The molecule has 1 N–H and O–H groups in total. The summed E-state index contributed by atoms with van der Waals surface area (Å²) in [7, 11) is 1.65. The number of para-hydroxylation sites is 4. The lowest BCUT2D eigenvalue weighted by Crippen LogP contribution is -2.12. The summed E-state index contributed by atoms with van der Waals surface area (Å²) in [6, 6.07) is 16.1. The van der Waals surface area contributed by atoms with E-state index >= 15 is 0 Å². The highest BCUT2D eigenvalue weighted by atomic mass is 16.6. The number of methoxy groups -OCH3 is 1. The lowest BCUT2D eigenvalue weighted by atomic mass is 10.3. The second-order valence-electron chi connectivity index (χ2n) is 7.07. The lowest BCUT2D eigenvalue weighted by molar-refractivity contribution is -0.000242. The molecular weight excluding hydrogens is 396 g/mol. The summed E-state index contributed by atoms with van der Waals surface area (Å²) in [5.74, 6) is 1.76. The van der Waals surface area contributed by atoms with Gasteiger partial charge in [0, 0.05) is 7.11 Å². The minimum Gasteiger partial charge on any atom is -0.382 e. The van der Waals surface area contributed by atoms with Crippen molar-refractivity contribution < 1.29 is 18.9 Å². The number of H-pyrrole nitrogens is 1. The fourth-order valence-corrected chi connectivity index (χ4v) is 3.39. The molecule has 4 rings (SSSR count). The van der Waals surface area contributed by atoms with Gasteiger partial charge in [-0.15, -0.1) is 0 Å². The molecule has 0 radical (unpaired) electrons. The molecule has 0 aliphatic rings. The van der Waals surface area contributed by atoms with Crippen LogP contribution in [0.4, 0.5) is 0 Å². The highest BCUT2D eigenvalue weighted by Gasteiger charge is 2.13. The van der Waals surface area contributed by atoms with Crippen molar-refractivity contribution in [2.24, 2.45) is 0 Å². The number of fused-ring (bicyclic) bond motifs is 2. The van der Waals surface area contributed by atoms with Gasteiger partial charge in [0.2, 0.25) is 0 Å². The van der Waals surface area contributed by atoms with Gasteiger partial charge in [-0.3, -0.25) is 0 Å². The molecule has 8 heteroatoms. The first-order chi connectivity index (χ1) is 15.3. The summed E-state index contributed by atoms with van der Waals surface area (Å²) in [5, 5.41) is 0. The number of nitrogens with zero attached hydrogens (tertiary/aromatic N) is 3. The number of rotatable bonds is 13. The van der Waals surface area contributed by atoms with E-state index in [-0.39, 0.29) is 0 Å². The first-order valence-electron chi connectivity index (χ1n) is 10.4. The quantitative estimate of drug-likeness (QED) is 0.332. The third-order valence-corrected chi connectivity index (χ3v) is 4.89. The summed E-state index contributed by atoms with van der Waals surface area (Å²) in [6.45, 7) is 4.28. The first kappa shape index (κ1) is 21.5. The average molecular weight is 425 g/mol. The molecule has 0 aliphatic heterocycles. The molecule has 0 amide bonds. The maximum absolute atomic E-state index is 5.83. The van der Waals surface area contributed by atoms with Crippen molar-refractivity contribution in [3.05, 3.63) is 60.2 Å². The van der Waals surface area contributed by atoms with Gasteiger partial charge in [-0.1, -0.05) is 24.3 Å². The molecule has 8 nitrogen and oxygen atoms in total. The molecule has 164 valence electrons. The second kappa shape index (κ2) is 11.0. The van der Waals surface area contributed by atoms with Crippen molar-refractivity contribution in [1.82, 2.24) is 19.5 Å². The molecule has 2 heterocycles. The molecule has 0 fully saturated rings. The third-order valence-electron chi connectivity index (χ3n) is 4.89. The van der Waals surface area contributed by atoms with Crippen LogP contribution in [0.1, 0.15) is 11.6 Å². The first-order valence-corrected chi connectivity index (χ1v) is 10.4. The van der Waals surface area contributed by atoms with Crippen molar-refractivity contribution in [2.45, 2.75) is 13.2 Å². The van der Waals surface area contributed by atoms with Gasteiger partial charge < -0.3 is 28.5 Å². The van der Waals surface area contributed by atoms with E-state index in [0.717, 1.165) is 33.7 Å². The van der Waals surface area contributed by atoms with Crippen LogP contribution in [0.2, 0.25) is 0 Å². The van der Waals surface area contributed by atoms with Crippen LogP contribution >= 0.6 is 0 Å². The topological polar surface area (TPSA) is 83.4 Å². The lowest BCUT2D eigenvalue weighted by Gasteiger charge is -2.09. The van der Waals surface area contributed by atoms with E-state index in [9.17, 15) is 0 Å². The number of benzene rings is 2. The molecule has 0 spiro atoms. The molecule has 0 bridgehead atoms. The Balaban J connectivity index is 1.33. The zero-order valence-electron chi connectivity index (χ0n) is 17.8. The monoisotopic (exact) mass is 424 g/mol. The van der Waals surface area contributed by atoms with Crippen molar-refractivity contribution in [3.63, 3.8) is 0 Å². The Kier molecular flexibility index (Phi) is 7.62. The minimum absolute atomic E-state index is 0.405. The fraction of sp³-hybridized carbons (Fsp3) is 0.391. The molecule has 2 aromatic heterocycles. The number of aromatic nitrogens is 4. The van der Waals surface area contributed by atoms with E-state index in [2.05, 4.69) is 15.6 Å². The Bertz CT molecular complexity index is 1060. The van der Waals surface area contributed by atoms with Crippen LogP contribution in [0.3, 0.4) is 0 Å². The predicted molar refractivity (Wildman–Crippen MR) is 118 cm³/mol. The summed E-state index contributed by atoms with van der Waals surface area (Å²) >= 11 is 0. The zero-order valence-corrected chi connectivity index (χ0v) is 17.8. The maximum Gasteiger partial charge on any atom is 0.136 e. The van der Waals surface area contributed by atoms with Crippen molar-refractivity contribution in [1.29, 1.82) is 0 Å². The number of hydrogen-bond donors (Lipinski definition) is 1. The van der Waals surface area contributed by atoms with Gasteiger partial charge in [0.1, 0.15) is 18.3 Å². The van der Waals surface area contributed by atoms with Crippen LogP contribution in [0.25, 0.3) is 22.1 Å². The van der Waals surface area contributed by atoms with Gasteiger partial charge in [0.15, 0.2) is 0 Å². The van der Waals surface area contributed by atoms with Crippen LogP contribution in [-0.2, 0) is 32.1 Å². The normalized spacial score (nSPS) is 11.6. The molecule has 0 atom stereocenters. The fourth-order valence-electron chi connectivity index (χ4n) is 3.39. The van der Waals surface area contributed by atoms with Crippen molar-refractivity contribution in [2.75, 3.05) is 46.8 Å². The largest absolute Gasteiger partial charge is 0.382 e. The highest BCUT2D eigenvalue weighted by molar-refractivity contribution is 5.76. The van der Waals surface area contributed by atoms with E-state index < -0.39 is 0 Å². The average Bonchev–Trinajstić information content (AvgIpc) is 3.36. The Morgan fingerprint density at radius 1 is 0.774 bits per heavy atom. The highest BCUT2D eigenvalue weighted by Crippen LogP contribution is 2.19. The van der Waals surface area contributed by atoms with E-state index in [0.29, 0.717) is 52.8 Å². The number of hydrogen-bond acceptors (Lipinski definition) is 6. The van der Waals surface area contributed by atoms with Crippen LogP contribution in [0, 0.1) is 0 Å². The van der Waals surface area contributed by atoms with Gasteiger partial charge in [-0.25, -0.2) is 9.97 Å². The summed E-state index contributed by atoms with van der Waals surface area (Å²) in [6.07, 6.45) is 0. The SMILES string of the molecule is COCCOCCOCCOCc1nc2ccccc2n1Cc1nc2ccccc2[nH]1. The van der Waals surface area contributed by atoms with E-state index in [1.54, 1.807) is 7.11 Å². The molecule has 31 heavy (non-hydrogen) atoms. The minimum atomic E-state index is 0.405. The Morgan fingerprint density at radius 3 is 2.23 bits per heavy atom. The third kappa shape index (κ3) is 5.68.